The minimum absolute atomic E-state index is 0.104. The van der Waals surface area contributed by atoms with Crippen LogP contribution in [0.3, 0.4) is 0 Å². The summed E-state index contributed by atoms with van der Waals surface area (Å²) in [6.45, 7) is 0.578. The number of aliphatic carboxylic acids is 1. The predicted molar refractivity (Wildman–Crippen MR) is 77.4 cm³/mol. The molecule has 1 atom stereocenters. The van der Waals surface area contributed by atoms with Gasteiger partial charge in [-0.3, -0.25) is 9.59 Å². The Labute approximate surface area is 132 Å². The number of benzene rings is 1. The van der Waals surface area contributed by atoms with Gasteiger partial charge in [0.25, 0.3) is 5.91 Å². The first-order valence-corrected chi connectivity index (χ1v) is 7.00. The molecule has 1 amide bonds. The predicted octanol–water partition coefficient (Wildman–Crippen LogP) is 1.16. The molecule has 0 aliphatic carbocycles. The number of carbonyl (C=O) groups excluding carboxylic acids is 1. The number of hydrogen-bond acceptors (Lipinski definition) is 5. The monoisotopic (exact) mass is 327 g/mol. The Bertz CT molecular complexity index is 606. The number of hydrogen-bond donors (Lipinski definition) is 1. The molecule has 2 rings (SSSR count). The largest absolute Gasteiger partial charge is 0.493 e. The van der Waals surface area contributed by atoms with Crippen molar-refractivity contribution in [1.82, 2.24) is 4.90 Å². The fourth-order valence-electron chi connectivity index (χ4n) is 2.47. The number of halogens is 1. The third kappa shape index (κ3) is 3.70. The Balaban J connectivity index is 2.32. The summed E-state index contributed by atoms with van der Waals surface area (Å²) in [6, 6.07) is 1.68. The molecule has 1 aliphatic rings. The Morgan fingerprint density at radius 3 is 2.61 bits per heavy atom. The highest BCUT2D eigenvalue weighted by Crippen LogP contribution is 2.31. The van der Waals surface area contributed by atoms with Gasteiger partial charge in [0.1, 0.15) is 5.82 Å². The lowest BCUT2D eigenvalue weighted by atomic mass is 10.1. The van der Waals surface area contributed by atoms with E-state index in [0.29, 0.717) is 0 Å². The molecule has 1 saturated heterocycles. The van der Waals surface area contributed by atoms with E-state index in [1.807, 2.05) is 0 Å². The van der Waals surface area contributed by atoms with Crippen molar-refractivity contribution in [3.8, 4) is 11.5 Å². The zero-order valence-electron chi connectivity index (χ0n) is 12.9. The van der Waals surface area contributed by atoms with Gasteiger partial charge < -0.3 is 24.2 Å². The van der Waals surface area contributed by atoms with E-state index < -0.39 is 23.7 Å². The van der Waals surface area contributed by atoms with Gasteiger partial charge in [-0.1, -0.05) is 0 Å². The molecule has 1 aromatic carbocycles. The SMILES string of the molecule is COc1cc(F)c(C(=O)N2CCOCC2CC(=O)O)cc1OC. The van der Waals surface area contributed by atoms with Gasteiger partial charge in [-0.05, 0) is 6.07 Å². The summed E-state index contributed by atoms with van der Waals surface area (Å²) in [4.78, 5) is 24.9. The van der Waals surface area contributed by atoms with Crippen molar-refractivity contribution in [2.75, 3.05) is 34.0 Å². The highest BCUT2D eigenvalue weighted by molar-refractivity contribution is 5.95. The summed E-state index contributed by atoms with van der Waals surface area (Å²) >= 11 is 0. The van der Waals surface area contributed by atoms with E-state index in [1.54, 1.807) is 0 Å². The summed E-state index contributed by atoms with van der Waals surface area (Å²) in [7, 11) is 2.75. The summed E-state index contributed by atoms with van der Waals surface area (Å²) in [5.74, 6) is -2.01. The Hall–Kier alpha value is -2.35. The molecule has 0 aromatic heterocycles. The minimum atomic E-state index is -1.05. The third-order valence-electron chi connectivity index (χ3n) is 3.60. The standard InChI is InChI=1S/C15H18FNO6/c1-21-12-6-10(11(16)7-13(12)22-2)15(20)17-3-4-23-8-9(17)5-14(18)19/h6-7,9H,3-5,8H2,1-2H3,(H,18,19). The maximum Gasteiger partial charge on any atom is 0.305 e. The molecule has 1 unspecified atom stereocenters. The van der Waals surface area contributed by atoms with Crippen molar-refractivity contribution in [3.05, 3.63) is 23.5 Å². The number of carboxylic acids is 1. The van der Waals surface area contributed by atoms with Crippen LogP contribution in [0.5, 0.6) is 11.5 Å². The Morgan fingerprint density at radius 1 is 1.35 bits per heavy atom. The molecule has 1 N–H and O–H groups in total. The lowest BCUT2D eigenvalue weighted by Gasteiger charge is -2.35. The van der Waals surface area contributed by atoms with Crippen molar-refractivity contribution in [2.24, 2.45) is 0 Å². The van der Waals surface area contributed by atoms with E-state index in [0.717, 1.165) is 6.07 Å². The van der Waals surface area contributed by atoms with Crippen LogP contribution in [0.1, 0.15) is 16.8 Å². The zero-order valence-corrected chi connectivity index (χ0v) is 12.9. The molecule has 0 spiro atoms. The molecule has 1 fully saturated rings. The van der Waals surface area contributed by atoms with Crippen LogP contribution in [0.4, 0.5) is 4.39 Å². The Morgan fingerprint density at radius 2 is 2.00 bits per heavy atom. The van der Waals surface area contributed by atoms with E-state index in [2.05, 4.69) is 0 Å². The number of carboxylic acid groups (broad SMARTS) is 1. The molecule has 1 aliphatic heterocycles. The lowest BCUT2D eigenvalue weighted by molar-refractivity contribution is -0.139. The second kappa shape index (κ2) is 7.28. The second-order valence-electron chi connectivity index (χ2n) is 5.01. The van der Waals surface area contributed by atoms with Gasteiger partial charge in [-0.2, -0.15) is 0 Å². The van der Waals surface area contributed by atoms with Crippen molar-refractivity contribution in [3.63, 3.8) is 0 Å². The molecule has 7 nitrogen and oxygen atoms in total. The third-order valence-corrected chi connectivity index (χ3v) is 3.60. The molecule has 0 radical (unpaired) electrons. The first kappa shape index (κ1) is 17.0. The molecule has 126 valence electrons. The Kier molecular flexibility index (Phi) is 5.38. The highest BCUT2D eigenvalue weighted by Gasteiger charge is 2.31. The van der Waals surface area contributed by atoms with Gasteiger partial charge in [-0.25, -0.2) is 4.39 Å². The minimum Gasteiger partial charge on any atom is -0.493 e. The normalized spacial score (nSPS) is 17.7. The topological polar surface area (TPSA) is 85.3 Å². The number of ether oxygens (including phenoxy) is 3. The molecule has 8 heteroatoms. The molecule has 0 bridgehead atoms. The molecule has 23 heavy (non-hydrogen) atoms. The highest BCUT2D eigenvalue weighted by atomic mass is 19.1. The summed E-state index contributed by atoms with van der Waals surface area (Å²) in [6.07, 6.45) is -0.263. The van der Waals surface area contributed by atoms with Crippen molar-refractivity contribution in [1.29, 1.82) is 0 Å². The number of rotatable bonds is 5. The molecule has 1 heterocycles. The van der Waals surface area contributed by atoms with Gasteiger partial charge in [0.15, 0.2) is 11.5 Å². The fourth-order valence-corrected chi connectivity index (χ4v) is 2.47. The van der Waals surface area contributed by atoms with Crippen LogP contribution >= 0.6 is 0 Å². The van der Waals surface area contributed by atoms with E-state index in [9.17, 15) is 14.0 Å². The van der Waals surface area contributed by atoms with Crippen LogP contribution < -0.4 is 9.47 Å². The smallest absolute Gasteiger partial charge is 0.305 e. The zero-order chi connectivity index (χ0) is 17.0. The molecular formula is C15H18FNO6. The van der Waals surface area contributed by atoms with Gasteiger partial charge in [0, 0.05) is 12.6 Å². The maximum atomic E-state index is 14.2. The molecule has 0 saturated carbocycles. The average Bonchev–Trinajstić information content (AvgIpc) is 2.53. The van der Waals surface area contributed by atoms with Crippen molar-refractivity contribution < 1.29 is 33.3 Å². The number of methoxy groups -OCH3 is 2. The van der Waals surface area contributed by atoms with Crippen molar-refractivity contribution >= 4 is 11.9 Å². The van der Waals surface area contributed by atoms with E-state index in [1.165, 1.54) is 25.2 Å². The van der Waals surface area contributed by atoms with Gasteiger partial charge in [0.2, 0.25) is 0 Å². The first-order valence-electron chi connectivity index (χ1n) is 7.00. The van der Waals surface area contributed by atoms with Crippen LogP contribution in [0.2, 0.25) is 0 Å². The van der Waals surface area contributed by atoms with Gasteiger partial charge in [0.05, 0.1) is 45.5 Å². The van der Waals surface area contributed by atoms with Crippen LogP contribution in [0.25, 0.3) is 0 Å². The number of nitrogens with zero attached hydrogens (tertiary/aromatic N) is 1. The van der Waals surface area contributed by atoms with Gasteiger partial charge >= 0.3 is 5.97 Å². The average molecular weight is 327 g/mol. The summed E-state index contributed by atoms with van der Waals surface area (Å²) < 4.78 is 29.5. The van der Waals surface area contributed by atoms with Gasteiger partial charge in [-0.15, -0.1) is 0 Å². The van der Waals surface area contributed by atoms with E-state index in [-0.39, 0.29) is 43.2 Å². The number of carbonyl (C=O) groups is 2. The fraction of sp³-hybridized carbons (Fsp3) is 0.467. The lowest BCUT2D eigenvalue weighted by Crippen LogP contribution is -2.49. The van der Waals surface area contributed by atoms with Crippen LogP contribution in [-0.2, 0) is 9.53 Å². The number of morpholine rings is 1. The molecular weight excluding hydrogens is 309 g/mol. The van der Waals surface area contributed by atoms with Crippen molar-refractivity contribution in [2.45, 2.75) is 12.5 Å². The van der Waals surface area contributed by atoms with Crippen LogP contribution in [0.15, 0.2) is 12.1 Å². The molecule has 1 aromatic rings. The summed E-state index contributed by atoms with van der Waals surface area (Å²) in [5, 5.41) is 8.94. The van der Waals surface area contributed by atoms with E-state index in [4.69, 9.17) is 19.3 Å². The van der Waals surface area contributed by atoms with E-state index >= 15 is 0 Å². The second-order valence-corrected chi connectivity index (χ2v) is 5.01. The summed E-state index contributed by atoms with van der Waals surface area (Å²) in [5.41, 5.74) is -0.195. The van der Waals surface area contributed by atoms with Crippen LogP contribution in [0, 0.1) is 5.82 Å². The maximum absolute atomic E-state index is 14.2. The quantitative estimate of drug-likeness (QED) is 0.873. The first-order chi connectivity index (χ1) is 11.0. The van der Waals surface area contributed by atoms with Crippen LogP contribution in [-0.4, -0.2) is 61.9 Å². The number of amides is 1.